The number of aryl methyl sites for hydroxylation is 1. The zero-order valence-corrected chi connectivity index (χ0v) is 15.0. The average molecular weight is 331 g/mol. The topological polar surface area (TPSA) is 24.3 Å². The lowest BCUT2D eigenvalue weighted by atomic mass is 10.1. The third-order valence-electron chi connectivity index (χ3n) is 5.16. The minimum Gasteiger partial charge on any atom is -0.328 e. The molecule has 0 atom stereocenters. The third-order valence-corrected chi connectivity index (χ3v) is 6.10. The first-order chi connectivity index (χ1) is 11.2. The normalized spacial score (nSPS) is 20.1. The van der Waals surface area contributed by atoms with Crippen LogP contribution in [0, 0.1) is 6.92 Å². The number of rotatable bonds is 3. The molecule has 2 aliphatic heterocycles. The van der Waals surface area contributed by atoms with Crippen molar-refractivity contribution in [1.29, 1.82) is 0 Å². The lowest BCUT2D eigenvalue weighted by Crippen LogP contribution is -2.35. The van der Waals surface area contributed by atoms with E-state index in [4.69, 9.17) is 4.98 Å². The summed E-state index contributed by atoms with van der Waals surface area (Å²) in [6, 6.07) is 2.33. The molecule has 0 aliphatic carbocycles. The van der Waals surface area contributed by atoms with E-state index in [0.29, 0.717) is 0 Å². The Morgan fingerprint density at radius 3 is 2.83 bits per heavy atom. The molecule has 124 valence electrons. The molecule has 0 bridgehead atoms. The summed E-state index contributed by atoms with van der Waals surface area (Å²) in [6.07, 6.45) is 3.17. The van der Waals surface area contributed by atoms with Gasteiger partial charge in [0.2, 0.25) is 0 Å². The lowest BCUT2D eigenvalue weighted by molar-refractivity contribution is 0.282. The van der Waals surface area contributed by atoms with Crippen LogP contribution >= 0.6 is 11.8 Å². The summed E-state index contributed by atoms with van der Waals surface area (Å²) in [5, 5.41) is 1.38. The fourth-order valence-corrected chi connectivity index (χ4v) is 4.84. The van der Waals surface area contributed by atoms with E-state index in [1.54, 1.807) is 0 Å². The van der Waals surface area contributed by atoms with Crippen LogP contribution in [0.4, 0.5) is 0 Å². The van der Waals surface area contributed by atoms with Crippen molar-refractivity contribution in [2.24, 2.45) is 0 Å². The van der Waals surface area contributed by atoms with Gasteiger partial charge in [0.05, 0.1) is 0 Å². The summed E-state index contributed by atoms with van der Waals surface area (Å²) in [5.74, 6) is 2.57. The van der Waals surface area contributed by atoms with E-state index in [9.17, 15) is 0 Å². The van der Waals surface area contributed by atoms with Crippen LogP contribution in [-0.2, 0) is 19.5 Å². The van der Waals surface area contributed by atoms with Gasteiger partial charge in [-0.05, 0) is 31.2 Å². The molecule has 0 spiro atoms. The Balaban J connectivity index is 1.67. The van der Waals surface area contributed by atoms with Crippen LogP contribution in [-0.4, -0.2) is 64.1 Å². The maximum absolute atomic E-state index is 4.80. The molecule has 0 amide bonds. The summed E-state index contributed by atoms with van der Waals surface area (Å²) in [4.78, 5) is 9.83. The molecule has 2 aromatic heterocycles. The summed E-state index contributed by atoms with van der Waals surface area (Å²) < 4.78 is 2.51. The monoisotopic (exact) mass is 330 g/mol. The van der Waals surface area contributed by atoms with Gasteiger partial charge in [0.15, 0.2) is 0 Å². The van der Waals surface area contributed by atoms with Crippen LogP contribution in [0.2, 0.25) is 0 Å². The number of aromatic nitrogens is 2. The highest BCUT2D eigenvalue weighted by Crippen LogP contribution is 2.30. The fourth-order valence-electron chi connectivity index (χ4n) is 3.86. The van der Waals surface area contributed by atoms with Crippen molar-refractivity contribution in [3.63, 3.8) is 0 Å². The molecule has 0 radical (unpaired) electrons. The SMILES string of the molecule is Cc1cnc2c(c1)c1c(n2CCN2CCSCC2)CCN(C)C1. The first-order valence-electron chi connectivity index (χ1n) is 8.67. The molecule has 0 aromatic carbocycles. The summed E-state index contributed by atoms with van der Waals surface area (Å²) in [7, 11) is 2.22. The van der Waals surface area contributed by atoms with E-state index in [1.165, 1.54) is 52.4 Å². The van der Waals surface area contributed by atoms with Gasteiger partial charge >= 0.3 is 0 Å². The number of fused-ring (bicyclic) bond motifs is 3. The Morgan fingerprint density at radius 1 is 1.17 bits per heavy atom. The zero-order chi connectivity index (χ0) is 15.8. The number of pyridine rings is 1. The van der Waals surface area contributed by atoms with Gasteiger partial charge in [-0.15, -0.1) is 0 Å². The third kappa shape index (κ3) is 3.02. The molecule has 23 heavy (non-hydrogen) atoms. The van der Waals surface area contributed by atoms with Gasteiger partial charge in [0.1, 0.15) is 5.65 Å². The van der Waals surface area contributed by atoms with Gasteiger partial charge in [-0.2, -0.15) is 11.8 Å². The Kier molecular flexibility index (Phi) is 4.35. The predicted molar refractivity (Wildman–Crippen MR) is 98.3 cm³/mol. The molecule has 5 heteroatoms. The largest absolute Gasteiger partial charge is 0.328 e. The fraction of sp³-hybridized carbons (Fsp3) is 0.611. The Labute approximate surface area is 142 Å². The molecule has 0 saturated carbocycles. The van der Waals surface area contributed by atoms with Crippen molar-refractivity contribution in [2.45, 2.75) is 26.4 Å². The predicted octanol–water partition coefficient (Wildman–Crippen LogP) is 2.38. The number of thioether (sulfide) groups is 1. The highest BCUT2D eigenvalue weighted by Gasteiger charge is 2.23. The highest BCUT2D eigenvalue weighted by molar-refractivity contribution is 7.99. The van der Waals surface area contributed by atoms with E-state index < -0.39 is 0 Å². The molecular weight excluding hydrogens is 304 g/mol. The average Bonchev–Trinajstić information content (AvgIpc) is 2.86. The maximum Gasteiger partial charge on any atom is 0.140 e. The van der Waals surface area contributed by atoms with Gasteiger partial charge in [0.25, 0.3) is 0 Å². The summed E-state index contributed by atoms with van der Waals surface area (Å²) in [5.41, 5.74) is 5.50. The van der Waals surface area contributed by atoms with Crippen molar-refractivity contribution in [3.8, 4) is 0 Å². The van der Waals surface area contributed by atoms with Crippen LogP contribution < -0.4 is 0 Å². The van der Waals surface area contributed by atoms with Gasteiger partial charge in [-0.1, -0.05) is 0 Å². The van der Waals surface area contributed by atoms with Crippen molar-refractivity contribution < 1.29 is 0 Å². The molecular formula is C18H26N4S. The van der Waals surface area contributed by atoms with E-state index >= 15 is 0 Å². The second kappa shape index (κ2) is 6.46. The highest BCUT2D eigenvalue weighted by atomic mass is 32.2. The van der Waals surface area contributed by atoms with Crippen molar-refractivity contribution >= 4 is 22.8 Å². The van der Waals surface area contributed by atoms with Crippen LogP contribution in [0.3, 0.4) is 0 Å². The molecule has 0 unspecified atom stereocenters. The minimum absolute atomic E-state index is 1.06. The van der Waals surface area contributed by atoms with E-state index in [1.807, 2.05) is 6.20 Å². The van der Waals surface area contributed by atoms with Crippen LogP contribution in [0.15, 0.2) is 12.3 Å². The Hall–Kier alpha value is -1.04. The smallest absolute Gasteiger partial charge is 0.140 e. The van der Waals surface area contributed by atoms with Gasteiger partial charge in [-0.25, -0.2) is 4.98 Å². The second-order valence-electron chi connectivity index (χ2n) is 6.90. The molecule has 2 aromatic rings. The molecule has 4 heterocycles. The molecule has 1 fully saturated rings. The van der Waals surface area contributed by atoms with Crippen molar-refractivity contribution in [3.05, 3.63) is 29.1 Å². The first-order valence-corrected chi connectivity index (χ1v) is 9.83. The van der Waals surface area contributed by atoms with Crippen LogP contribution in [0.25, 0.3) is 11.0 Å². The van der Waals surface area contributed by atoms with Crippen LogP contribution in [0.1, 0.15) is 16.8 Å². The van der Waals surface area contributed by atoms with Gasteiger partial charge in [0, 0.05) is 74.5 Å². The van der Waals surface area contributed by atoms with Crippen molar-refractivity contribution in [2.75, 3.05) is 44.7 Å². The van der Waals surface area contributed by atoms with E-state index in [-0.39, 0.29) is 0 Å². The van der Waals surface area contributed by atoms with Crippen LogP contribution in [0.5, 0.6) is 0 Å². The number of likely N-dealkylation sites (N-methyl/N-ethyl adjacent to an activating group) is 1. The maximum atomic E-state index is 4.80. The summed E-state index contributed by atoms with van der Waals surface area (Å²) >= 11 is 2.08. The van der Waals surface area contributed by atoms with Gasteiger partial charge < -0.3 is 9.47 Å². The zero-order valence-electron chi connectivity index (χ0n) is 14.2. The quantitative estimate of drug-likeness (QED) is 0.862. The second-order valence-corrected chi connectivity index (χ2v) is 8.13. The Morgan fingerprint density at radius 2 is 2.00 bits per heavy atom. The van der Waals surface area contributed by atoms with E-state index in [2.05, 4.69) is 46.2 Å². The molecule has 0 N–H and O–H groups in total. The minimum atomic E-state index is 1.06. The number of nitrogens with zero attached hydrogens (tertiary/aromatic N) is 4. The molecule has 4 rings (SSSR count). The standard InChI is InChI=1S/C18H26N4S/c1-14-11-15-16-13-20(2)4-3-17(16)22(18(15)19-12-14)6-5-21-7-9-23-10-8-21/h11-12H,3-10,13H2,1-2H3. The Bertz CT molecular complexity index is 703. The molecule has 4 nitrogen and oxygen atoms in total. The first kappa shape index (κ1) is 15.5. The van der Waals surface area contributed by atoms with Crippen molar-refractivity contribution in [1.82, 2.24) is 19.4 Å². The van der Waals surface area contributed by atoms with E-state index in [0.717, 1.165) is 32.6 Å². The number of hydrogen-bond acceptors (Lipinski definition) is 4. The summed E-state index contributed by atoms with van der Waals surface area (Å²) in [6.45, 7) is 9.07. The molecule has 2 aliphatic rings. The molecule has 1 saturated heterocycles. The van der Waals surface area contributed by atoms with Gasteiger partial charge in [-0.3, -0.25) is 4.90 Å². The lowest BCUT2D eigenvalue weighted by Gasteiger charge is -2.28. The number of hydrogen-bond donors (Lipinski definition) is 0.